The van der Waals surface area contributed by atoms with E-state index < -0.39 is 0 Å². The number of amides is 2. The van der Waals surface area contributed by atoms with Crippen LogP contribution in [0, 0.1) is 0 Å². The highest BCUT2D eigenvalue weighted by Gasteiger charge is 2.25. The molecule has 3 heterocycles. The van der Waals surface area contributed by atoms with Crippen LogP contribution in [0.4, 0.5) is 5.69 Å². The summed E-state index contributed by atoms with van der Waals surface area (Å²) < 4.78 is 5.98. The van der Waals surface area contributed by atoms with Gasteiger partial charge in [0.1, 0.15) is 11.5 Å². The van der Waals surface area contributed by atoms with Crippen molar-refractivity contribution in [2.75, 3.05) is 18.4 Å². The number of benzene rings is 2. The number of hydrogen-bond acceptors (Lipinski definition) is 4. The molecule has 32 heavy (non-hydrogen) atoms. The van der Waals surface area contributed by atoms with Gasteiger partial charge in [0.2, 0.25) is 0 Å². The summed E-state index contributed by atoms with van der Waals surface area (Å²) in [6.07, 6.45) is 3.74. The van der Waals surface area contributed by atoms with E-state index in [0.717, 1.165) is 42.7 Å². The minimum atomic E-state index is -0.198. The molecule has 1 saturated heterocycles. The lowest BCUT2D eigenvalue weighted by Gasteiger charge is -2.23. The van der Waals surface area contributed by atoms with Crippen LogP contribution in [0.2, 0.25) is 5.02 Å². The second-order valence-electron chi connectivity index (χ2n) is 8.00. The largest absolute Gasteiger partial charge is 0.457 e. The number of rotatable bonds is 4. The van der Waals surface area contributed by atoms with E-state index in [2.05, 4.69) is 16.0 Å². The fraction of sp³-hybridized carbons (Fsp3) is 0.200. The third-order valence-corrected chi connectivity index (χ3v) is 5.95. The SMILES string of the molecule is O=C1Nc2ccc(Cl)cc2/C1=C\c1ccc(-c2cccc(C(=O)NC3CCCNC3)c2)o1. The standard InChI is InChI=1S/C25H22ClN3O3/c26-17-6-8-22-20(12-17)21(25(31)29-22)13-19-7-9-23(32-19)15-3-1-4-16(11-15)24(30)28-18-5-2-10-27-14-18/h1,3-4,6-9,11-13,18,27H,2,5,10,14H2,(H,28,30)(H,29,31)/b21-13+. The molecule has 5 rings (SSSR count). The van der Waals surface area contributed by atoms with E-state index in [4.69, 9.17) is 16.0 Å². The fourth-order valence-electron chi connectivity index (χ4n) is 4.09. The molecule has 0 aliphatic carbocycles. The first-order valence-corrected chi connectivity index (χ1v) is 11.0. The summed E-state index contributed by atoms with van der Waals surface area (Å²) in [6.45, 7) is 1.79. The topological polar surface area (TPSA) is 83.4 Å². The smallest absolute Gasteiger partial charge is 0.256 e. The van der Waals surface area contributed by atoms with E-state index >= 15 is 0 Å². The molecular weight excluding hydrogens is 426 g/mol. The molecule has 0 radical (unpaired) electrons. The van der Waals surface area contributed by atoms with Crippen molar-refractivity contribution >= 4 is 40.8 Å². The summed E-state index contributed by atoms with van der Waals surface area (Å²) in [7, 11) is 0. The molecule has 1 unspecified atom stereocenters. The van der Waals surface area contributed by atoms with Crippen molar-refractivity contribution in [3.8, 4) is 11.3 Å². The molecule has 0 saturated carbocycles. The first-order chi connectivity index (χ1) is 15.6. The normalized spacial score (nSPS) is 19.0. The molecule has 2 aromatic carbocycles. The zero-order chi connectivity index (χ0) is 22.1. The molecule has 2 aliphatic rings. The number of fused-ring (bicyclic) bond motifs is 1. The summed E-state index contributed by atoms with van der Waals surface area (Å²) in [5.41, 5.74) is 3.35. The first kappa shape index (κ1) is 20.5. The van der Waals surface area contributed by atoms with Gasteiger partial charge in [-0.05, 0) is 67.9 Å². The molecule has 1 atom stereocenters. The fourth-order valence-corrected chi connectivity index (χ4v) is 4.26. The predicted octanol–water partition coefficient (Wildman–Crippen LogP) is 4.57. The van der Waals surface area contributed by atoms with Crippen molar-refractivity contribution in [3.63, 3.8) is 0 Å². The van der Waals surface area contributed by atoms with Gasteiger partial charge in [-0.15, -0.1) is 0 Å². The number of furan rings is 1. The van der Waals surface area contributed by atoms with Crippen LogP contribution in [0.1, 0.15) is 34.5 Å². The number of hydrogen-bond donors (Lipinski definition) is 3. The lowest BCUT2D eigenvalue weighted by atomic mass is 10.1. The number of piperidine rings is 1. The van der Waals surface area contributed by atoms with Gasteiger partial charge in [-0.2, -0.15) is 0 Å². The van der Waals surface area contributed by atoms with Crippen molar-refractivity contribution in [3.05, 3.63) is 76.5 Å². The summed E-state index contributed by atoms with van der Waals surface area (Å²) in [4.78, 5) is 25.1. The van der Waals surface area contributed by atoms with Crippen molar-refractivity contribution in [2.24, 2.45) is 0 Å². The molecule has 162 valence electrons. The molecule has 0 spiro atoms. The van der Waals surface area contributed by atoms with Crippen LogP contribution in [-0.2, 0) is 4.79 Å². The van der Waals surface area contributed by atoms with Gasteiger partial charge in [-0.25, -0.2) is 0 Å². The number of carbonyl (C=O) groups excluding carboxylic acids is 2. The van der Waals surface area contributed by atoms with Crippen LogP contribution in [-0.4, -0.2) is 30.9 Å². The first-order valence-electron chi connectivity index (χ1n) is 10.6. The van der Waals surface area contributed by atoms with Crippen molar-refractivity contribution < 1.29 is 14.0 Å². The van der Waals surface area contributed by atoms with Gasteiger partial charge >= 0.3 is 0 Å². The van der Waals surface area contributed by atoms with Crippen LogP contribution in [0.5, 0.6) is 0 Å². The van der Waals surface area contributed by atoms with Gasteiger partial charge < -0.3 is 20.4 Å². The molecule has 0 bridgehead atoms. The van der Waals surface area contributed by atoms with Gasteiger partial charge in [0.25, 0.3) is 11.8 Å². The second kappa shape index (κ2) is 8.65. The van der Waals surface area contributed by atoms with Gasteiger partial charge in [0.05, 0.1) is 5.57 Å². The highest BCUT2D eigenvalue weighted by molar-refractivity contribution is 6.36. The van der Waals surface area contributed by atoms with Crippen LogP contribution in [0.3, 0.4) is 0 Å². The van der Waals surface area contributed by atoms with E-state index in [1.54, 1.807) is 36.4 Å². The molecular formula is C25H22ClN3O3. The quantitative estimate of drug-likeness (QED) is 0.511. The van der Waals surface area contributed by atoms with Gasteiger partial charge in [-0.1, -0.05) is 23.7 Å². The number of halogens is 1. The van der Waals surface area contributed by atoms with Gasteiger partial charge in [-0.3, -0.25) is 9.59 Å². The van der Waals surface area contributed by atoms with Crippen molar-refractivity contribution in [1.29, 1.82) is 0 Å². The van der Waals surface area contributed by atoms with Crippen molar-refractivity contribution in [1.82, 2.24) is 10.6 Å². The Morgan fingerprint density at radius 1 is 1.16 bits per heavy atom. The Kier molecular flexibility index (Phi) is 5.55. The average molecular weight is 448 g/mol. The number of anilines is 1. The highest BCUT2D eigenvalue weighted by Crippen LogP contribution is 2.35. The van der Waals surface area contributed by atoms with Crippen molar-refractivity contribution in [2.45, 2.75) is 18.9 Å². The summed E-state index contributed by atoms with van der Waals surface area (Å²) in [6, 6.07) is 16.4. The van der Waals surface area contributed by atoms with E-state index in [1.165, 1.54) is 0 Å². The third-order valence-electron chi connectivity index (χ3n) is 5.72. The Morgan fingerprint density at radius 3 is 2.91 bits per heavy atom. The second-order valence-corrected chi connectivity index (χ2v) is 8.44. The maximum atomic E-state index is 12.7. The van der Waals surface area contributed by atoms with Crippen LogP contribution < -0.4 is 16.0 Å². The molecule has 6 nitrogen and oxygen atoms in total. The minimum Gasteiger partial charge on any atom is -0.457 e. The molecule has 7 heteroatoms. The third kappa shape index (κ3) is 4.20. The number of nitrogens with one attached hydrogen (secondary N) is 3. The Labute approximate surface area is 190 Å². The van der Waals surface area contributed by atoms with Crippen LogP contribution in [0.15, 0.2) is 59.0 Å². The average Bonchev–Trinajstić information content (AvgIpc) is 3.39. The molecule has 3 N–H and O–H groups in total. The summed E-state index contributed by atoms with van der Waals surface area (Å²) in [5.74, 6) is 0.873. The van der Waals surface area contributed by atoms with E-state index in [1.807, 2.05) is 24.3 Å². The molecule has 1 aromatic heterocycles. The monoisotopic (exact) mass is 447 g/mol. The van der Waals surface area contributed by atoms with Gasteiger partial charge in [0.15, 0.2) is 0 Å². The number of carbonyl (C=O) groups is 2. The maximum Gasteiger partial charge on any atom is 0.256 e. The Balaban J connectivity index is 1.37. The molecule has 3 aromatic rings. The van der Waals surface area contributed by atoms with Gasteiger partial charge in [0, 0.05) is 40.0 Å². The van der Waals surface area contributed by atoms with E-state index in [9.17, 15) is 9.59 Å². The maximum absolute atomic E-state index is 12.7. The highest BCUT2D eigenvalue weighted by atomic mass is 35.5. The van der Waals surface area contributed by atoms with Crippen LogP contribution >= 0.6 is 11.6 Å². The van der Waals surface area contributed by atoms with Crippen LogP contribution in [0.25, 0.3) is 23.0 Å². The lowest BCUT2D eigenvalue weighted by molar-refractivity contribution is -0.110. The zero-order valence-electron chi connectivity index (χ0n) is 17.3. The molecule has 1 fully saturated rings. The Bertz CT molecular complexity index is 1220. The Morgan fingerprint density at radius 2 is 2.06 bits per heavy atom. The minimum absolute atomic E-state index is 0.0921. The van der Waals surface area contributed by atoms with E-state index in [0.29, 0.717) is 27.7 Å². The zero-order valence-corrected chi connectivity index (χ0v) is 18.0. The van der Waals surface area contributed by atoms with E-state index in [-0.39, 0.29) is 17.9 Å². The lowest BCUT2D eigenvalue weighted by Crippen LogP contribution is -2.45. The molecule has 2 amide bonds. The predicted molar refractivity (Wildman–Crippen MR) is 125 cm³/mol. The molecule has 2 aliphatic heterocycles. The Hall–Kier alpha value is -3.35. The summed E-state index contributed by atoms with van der Waals surface area (Å²) in [5, 5.41) is 9.78. The summed E-state index contributed by atoms with van der Waals surface area (Å²) >= 11 is 6.10.